The third kappa shape index (κ3) is 3.38. The molecule has 0 unspecified atom stereocenters. The topological polar surface area (TPSA) is 49.6 Å². The van der Waals surface area contributed by atoms with E-state index in [2.05, 4.69) is 10.3 Å². The summed E-state index contributed by atoms with van der Waals surface area (Å²) in [5.74, 6) is -0.283. The molecular weight excluding hydrogens is 347 g/mol. The highest BCUT2D eigenvalue weighted by atomic mass is 35.5. The lowest BCUT2D eigenvalue weighted by molar-refractivity contribution is 0.102. The van der Waals surface area contributed by atoms with Gasteiger partial charge in [0.15, 0.2) is 5.69 Å². The van der Waals surface area contributed by atoms with Gasteiger partial charge in [0.2, 0.25) is 0 Å². The number of imidazole rings is 1. The van der Waals surface area contributed by atoms with Crippen molar-refractivity contribution in [3.63, 3.8) is 0 Å². The molecule has 3 rings (SSSR count). The number of carbonyl (C=O) groups is 1. The number of hydrogen-bond donors (Lipinski definition) is 1. The van der Waals surface area contributed by atoms with Crippen molar-refractivity contribution >= 4 is 40.4 Å². The molecule has 5 nitrogen and oxygen atoms in total. The summed E-state index contributed by atoms with van der Waals surface area (Å²) in [6.07, 6.45) is 1.90. The molecule has 0 bridgehead atoms. The van der Waals surface area contributed by atoms with Gasteiger partial charge in [0.25, 0.3) is 5.91 Å². The molecule has 24 heavy (non-hydrogen) atoms. The second-order valence-corrected chi connectivity index (χ2v) is 6.47. The van der Waals surface area contributed by atoms with Crippen LogP contribution in [0.25, 0.3) is 5.65 Å². The van der Waals surface area contributed by atoms with Gasteiger partial charge in [-0.2, -0.15) is 0 Å². The van der Waals surface area contributed by atoms with Crippen LogP contribution in [-0.4, -0.2) is 34.3 Å². The number of anilines is 1. The molecule has 0 saturated heterocycles. The summed E-state index contributed by atoms with van der Waals surface area (Å²) in [5.41, 5.74) is 2.52. The van der Waals surface area contributed by atoms with Crippen LogP contribution in [0.3, 0.4) is 0 Å². The van der Waals surface area contributed by atoms with Crippen molar-refractivity contribution in [1.29, 1.82) is 0 Å². The van der Waals surface area contributed by atoms with E-state index in [1.165, 1.54) is 0 Å². The van der Waals surface area contributed by atoms with E-state index >= 15 is 0 Å². The monoisotopic (exact) mass is 362 g/mol. The molecule has 124 valence electrons. The summed E-state index contributed by atoms with van der Waals surface area (Å²) in [6.45, 7) is 0.593. The van der Waals surface area contributed by atoms with Gasteiger partial charge < -0.3 is 14.6 Å². The van der Waals surface area contributed by atoms with Crippen molar-refractivity contribution in [2.75, 3.05) is 19.4 Å². The molecule has 0 aliphatic rings. The summed E-state index contributed by atoms with van der Waals surface area (Å²) in [7, 11) is 3.89. The van der Waals surface area contributed by atoms with Crippen molar-refractivity contribution in [2.24, 2.45) is 0 Å². The summed E-state index contributed by atoms with van der Waals surface area (Å²) in [6, 6.07) is 10.6. The zero-order valence-electron chi connectivity index (χ0n) is 13.3. The molecule has 0 radical (unpaired) electrons. The van der Waals surface area contributed by atoms with E-state index in [0.717, 1.165) is 11.3 Å². The lowest BCUT2D eigenvalue weighted by Crippen LogP contribution is -2.19. The number of halogens is 2. The number of aromatic nitrogens is 2. The van der Waals surface area contributed by atoms with Gasteiger partial charge in [0, 0.05) is 18.4 Å². The maximum atomic E-state index is 12.7. The Morgan fingerprint density at radius 1 is 1.21 bits per heavy atom. The van der Waals surface area contributed by atoms with Crippen LogP contribution >= 0.6 is 23.2 Å². The Balaban J connectivity index is 1.97. The lowest BCUT2D eigenvalue weighted by atomic mass is 10.2. The van der Waals surface area contributed by atoms with Crippen LogP contribution in [0.1, 0.15) is 16.2 Å². The number of pyridine rings is 1. The van der Waals surface area contributed by atoms with Crippen molar-refractivity contribution in [3.05, 3.63) is 64.0 Å². The molecule has 1 aromatic carbocycles. The van der Waals surface area contributed by atoms with Gasteiger partial charge in [-0.3, -0.25) is 4.79 Å². The fourth-order valence-electron chi connectivity index (χ4n) is 2.44. The van der Waals surface area contributed by atoms with Gasteiger partial charge in [-0.1, -0.05) is 29.3 Å². The van der Waals surface area contributed by atoms with Gasteiger partial charge in [0.1, 0.15) is 5.65 Å². The van der Waals surface area contributed by atoms with E-state index in [1.54, 1.807) is 18.2 Å². The average molecular weight is 363 g/mol. The van der Waals surface area contributed by atoms with E-state index in [4.69, 9.17) is 23.2 Å². The van der Waals surface area contributed by atoms with Crippen molar-refractivity contribution in [3.8, 4) is 0 Å². The van der Waals surface area contributed by atoms with E-state index in [1.807, 2.05) is 47.8 Å². The van der Waals surface area contributed by atoms with E-state index in [-0.39, 0.29) is 5.91 Å². The molecule has 0 atom stereocenters. The summed E-state index contributed by atoms with van der Waals surface area (Å²) in [4.78, 5) is 19.2. The molecule has 2 heterocycles. The molecule has 2 aromatic heterocycles. The van der Waals surface area contributed by atoms with Gasteiger partial charge >= 0.3 is 0 Å². The fraction of sp³-hybridized carbons (Fsp3) is 0.176. The second kappa shape index (κ2) is 6.81. The molecule has 3 aromatic rings. The van der Waals surface area contributed by atoms with Crippen LogP contribution in [0.2, 0.25) is 10.0 Å². The zero-order valence-corrected chi connectivity index (χ0v) is 14.8. The smallest absolute Gasteiger partial charge is 0.276 e. The number of nitrogens with zero attached hydrogens (tertiary/aromatic N) is 3. The Morgan fingerprint density at radius 3 is 2.71 bits per heavy atom. The zero-order chi connectivity index (χ0) is 17.3. The Hall–Kier alpha value is -2.08. The van der Waals surface area contributed by atoms with E-state index in [0.29, 0.717) is 28.0 Å². The Bertz CT molecular complexity index is 905. The average Bonchev–Trinajstić information content (AvgIpc) is 2.89. The van der Waals surface area contributed by atoms with Crippen LogP contribution in [0.15, 0.2) is 42.6 Å². The van der Waals surface area contributed by atoms with Crippen LogP contribution in [0.4, 0.5) is 5.69 Å². The largest absolute Gasteiger partial charge is 0.321 e. The highest BCUT2D eigenvalue weighted by Crippen LogP contribution is 2.25. The van der Waals surface area contributed by atoms with Crippen LogP contribution in [0.5, 0.6) is 0 Å². The van der Waals surface area contributed by atoms with E-state index in [9.17, 15) is 4.79 Å². The Labute approximate surface area is 149 Å². The molecule has 0 aliphatic carbocycles. The number of amides is 1. The van der Waals surface area contributed by atoms with Crippen molar-refractivity contribution in [1.82, 2.24) is 14.3 Å². The fourth-order valence-corrected chi connectivity index (χ4v) is 2.74. The first kappa shape index (κ1) is 16.8. The molecular formula is C17H16Cl2N4O. The van der Waals surface area contributed by atoms with Gasteiger partial charge in [-0.15, -0.1) is 0 Å². The number of hydrogen-bond acceptors (Lipinski definition) is 3. The van der Waals surface area contributed by atoms with Crippen LogP contribution in [0, 0.1) is 0 Å². The number of fused-ring (bicyclic) bond motifs is 1. The van der Waals surface area contributed by atoms with Crippen LogP contribution in [-0.2, 0) is 6.54 Å². The number of rotatable bonds is 4. The minimum Gasteiger partial charge on any atom is -0.321 e. The minimum absolute atomic E-state index is 0.283. The number of carbonyl (C=O) groups excluding carboxylic acids is 1. The molecule has 0 saturated carbocycles. The molecule has 7 heteroatoms. The molecule has 1 amide bonds. The standard InChI is InChI=1S/C17H16Cl2N4O/c1-22(2)10-14-16(21-15-5-3-4-8-23(14)15)17(24)20-11-6-7-12(18)13(19)9-11/h3-9H,10H2,1-2H3,(H,20,24). The SMILES string of the molecule is CN(C)Cc1c(C(=O)Nc2ccc(Cl)c(Cl)c2)nc2ccccn12. The Kier molecular flexibility index (Phi) is 4.76. The first-order valence-corrected chi connectivity index (χ1v) is 8.08. The lowest BCUT2D eigenvalue weighted by Gasteiger charge is -2.11. The predicted molar refractivity (Wildman–Crippen MR) is 97.0 cm³/mol. The summed E-state index contributed by atoms with van der Waals surface area (Å²) < 4.78 is 1.92. The highest BCUT2D eigenvalue weighted by Gasteiger charge is 2.19. The molecule has 1 N–H and O–H groups in total. The summed E-state index contributed by atoms with van der Waals surface area (Å²) >= 11 is 11.9. The normalized spacial score (nSPS) is 11.2. The third-order valence-electron chi connectivity index (χ3n) is 3.49. The maximum absolute atomic E-state index is 12.7. The van der Waals surface area contributed by atoms with Crippen molar-refractivity contribution in [2.45, 2.75) is 6.54 Å². The van der Waals surface area contributed by atoms with Gasteiger partial charge in [0.05, 0.1) is 15.7 Å². The first-order chi connectivity index (χ1) is 11.5. The van der Waals surface area contributed by atoms with Gasteiger partial charge in [-0.25, -0.2) is 4.98 Å². The molecule has 0 aliphatic heterocycles. The number of benzene rings is 1. The number of nitrogens with one attached hydrogen (secondary N) is 1. The van der Waals surface area contributed by atoms with Crippen LogP contribution < -0.4 is 5.32 Å². The quantitative estimate of drug-likeness (QED) is 0.764. The second-order valence-electron chi connectivity index (χ2n) is 5.66. The summed E-state index contributed by atoms with van der Waals surface area (Å²) in [5, 5.41) is 3.65. The third-order valence-corrected chi connectivity index (χ3v) is 4.23. The molecule has 0 fully saturated rings. The first-order valence-electron chi connectivity index (χ1n) is 7.33. The highest BCUT2D eigenvalue weighted by molar-refractivity contribution is 6.42. The predicted octanol–water partition coefficient (Wildman–Crippen LogP) is 3.96. The van der Waals surface area contributed by atoms with Gasteiger partial charge in [-0.05, 0) is 44.4 Å². The minimum atomic E-state index is -0.283. The Morgan fingerprint density at radius 2 is 2.00 bits per heavy atom. The van der Waals surface area contributed by atoms with E-state index < -0.39 is 0 Å². The van der Waals surface area contributed by atoms with Crippen molar-refractivity contribution < 1.29 is 4.79 Å². The molecule has 0 spiro atoms. The maximum Gasteiger partial charge on any atom is 0.276 e.